The van der Waals surface area contributed by atoms with Gasteiger partial charge in [-0.3, -0.25) is 4.79 Å². The molecule has 0 atom stereocenters. The standard InChI is InChI=1S/C19H18N4O4S/c1-4-26-18(25)14-10(2)27-17-15(14)16(24)21-13(22-17)9-28-19-20-11-7-5-6-8-12(11)23(19)3/h5-8H,4,9H2,1-3H3,(H,21,22,24). The van der Waals surface area contributed by atoms with Crippen LogP contribution in [0, 0.1) is 6.92 Å². The molecule has 4 aromatic rings. The monoisotopic (exact) mass is 398 g/mol. The number of imidazole rings is 1. The van der Waals surface area contributed by atoms with Gasteiger partial charge in [-0.1, -0.05) is 23.9 Å². The summed E-state index contributed by atoms with van der Waals surface area (Å²) in [7, 11) is 1.94. The van der Waals surface area contributed by atoms with E-state index in [1.165, 1.54) is 11.8 Å². The van der Waals surface area contributed by atoms with Crippen molar-refractivity contribution in [2.45, 2.75) is 24.8 Å². The first-order valence-corrected chi connectivity index (χ1v) is 9.71. The van der Waals surface area contributed by atoms with Crippen molar-refractivity contribution in [3.05, 3.63) is 51.8 Å². The molecule has 8 nitrogen and oxygen atoms in total. The number of aromatic nitrogens is 4. The Morgan fingerprint density at radius 1 is 1.32 bits per heavy atom. The van der Waals surface area contributed by atoms with Crippen molar-refractivity contribution in [2.24, 2.45) is 7.05 Å². The van der Waals surface area contributed by atoms with Gasteiger partial charge in [-0.15, -0.1) is 0 Å². The zero-order chi connectivity index (χ0) is 19.8. The zero-order valence-electron chi connectivity index (χ0n) is 15.6. The van der Waals surface area contributed by atoms with Gasteiger partial charge >= 0.3 is 5.97 Å². The van der Waals surface area contributed by atoms with Crippen LogP contribution in [0.4, 0.5) is 0 Å². The first-order chi connectivity index (χ1) is 13.5. The Morgan fingerprint density at radius 2 is 2.11 bits per heavy atom. The molecule has 0 saturated heterocycles. The second-order valence-corrected chi connectivity index (χ2v) is 7.12. The van der Waals surface area contributed by atoms with E-state index in [1.807, 2.05) is 35.9 Å². The van der Waals surface area contributed by atoms with E-state index in [0.29, 0.717) is 17.3 Å². The Morgan fingerprint density at radius 3 is 2.86 bits per heavy atom. The van der Waals surface area contributed by atoms with E-state index >= 15 is 0 Å². The molecule has 0 bridgehead atoms. The van der Waals surface area contributed by atoms with E-state index in [2.05, 4.69) is 15.0 Å². The summed E-state index contributed by atoms with van der Waals surface area (Å²) in [5.41, 5.74) is 1.77. The molecule has 0 aliphatic carbocycles. The topological polar surface area (TPSA) is 103 Å². The Balaban J connectivity index is 1.65. The minimum absolute atomic E-state index is 0.118. The molecular weight excluding hydrogens is 380 g/mol. The number of ether oxygens (including phenoxy) is 1. The minimum Gasteiger partial charge on any atom is -0.462 e. The molecule has 144 valence electrons. The Hall–Kier alpha value is -3.07. The predicted octanol–water partition coefficient (Wildman–Crippen LogP) is 3.18. The molecule has 1 aromatic carbocycles. The van der Waals surface area contributed by atoms with Crippen LogP contribution < -0.4 is 5.56 Å². The summed E-state index contributed by atoms with van der Waals surface area (Å²) in [6.07, 6.45) is 0. The SMILES string of the molecule is CCOC(=O)c1c(C)oc2nc(CSc3nc4ccccc4n3C)[nH]c(=O)c12. The zero-order valence-corrected chi connectivity index (χ0v) is 16.4. The number of furan rings is 1. The van der Waals surface area contributed by atoms with Gasteiger partial charge in [0.2, 0.25) is 5.71 Å². The summed E-state index contributed by atoms with van der Waals surface area (Å²) in [5, 5.41) is 0.930. The molecule has 3 aromatic heterocycles. The van der Waals surface area contributed by atoms with Gasteiger partial charge in [-0.05, 0) is 26.0 Å². The van der Waals surface area contributed by atoms with Crippen molar-refractivity contribution in [1.29, 1.82) is 0 Å². The Bertz CT molecular complexity index is 1250. The summed E-state index contributed by atoms with van der Waals surface area (Å²) in [5.74, 6) is 0.565. The van der Waals surface area contributed by atoms with E-state index in [4.69, 9.17) is 9.15 Å². The van der Waals surface area contributed by atoms with E-state index in [9.17, 15) is 9.59 Å². The minimum atomic E-state index is -0.590. The lowest BCUT2D eigenvalue weighted by atomic mass is 10.2. The number of thioether (sulfide) groups is 1. The van der Waals surface area contributed by atoms with Crippen LogP contribution in [-0.4, -0.2) is 32.1 Å². The molecule has 4 rings (SSSR count). The highest BCUT2D eigenvalue weighted by atomic mass is 32.2. The molecule has 0 amide bonds. The van der Waals surface area contributed by atoms with Crippen LogP contribution in [0.2, 0.25) is 0 Å². The van der Waals surface area contributed by atoms with E-state index < -0.39 is 11.5 Å². The summed E-state index contributed by atoms with van der Waals surface area (Å²) in [6, 6.07) is 7.86. The molecule has 3 heterocycles. The van der Waals surface area contributed by atoms with Crippen LogP contribution in [-0.2, 0) is 17.5 Å². The van der Waals surface area contributed by atoms with Crippen molar-refractivity contribution in [2.75, 3.05) is 6.61 Å². The Kier molecular flexibility index (Phi) is 4.68. The maximum absolute atomic E-state index is 12.6. The highest BCUT2D eigenvalue weighted by Gasteiger charge is 2.23. The molecule has 0 aliphatic heterocycles. The number of aromatic amines is 1. The fourth-order valence-corrected chi connectivity index (χ4v) is 3.92. The van der Waals surface area contributed by atoms with E-state index in [-0.39, 0.29) is 23.3 Å². The third kappa shape index (κ3) is 3.07. The number of carbonyl (C=O) groups is 1. The van der Waals surface area contributed by atoms with Gasteiger partial charge in [0.05, 0.1) is 23.4 Å². The van der Waals surface area contributed by atoms with Crippen LogP contribution in [0.1, 0.15) is 28.9 Å². The fraction of sp³-hybridized carbons (Fsp3) is 0.263. The van der Waals surface area contributed by atoms with Gasteiger partial charge in [0.25, 0.3) is 5.56 Å². The van der Waals surface area contributed by atoms with Gasteiger partial charge in [-0.2, -0.15) is 4.98 Å². The normalized spacial score (nSPS) is 11.4. The van der Waals surface area contributed by atoms with Crippen molar-refractivity contribution >= 4 is 39.9 Å². The number of fused-ring (bicyclic) bond motifs is 2. The van der Waals surface area contributed by atoms with Gasteiger partial charge < -0.3 is 18.7 Å². The number of aryl methyl sites for hydroxylation is 2. The third-order valence-electron chi connectivity index (χ3n) is 4.35. The molecule has 9 heteroatoms. The quantitative estimate of drug-likeness (QED) is 0.407. The van der Waals surface area contributed by atoms with Crippen LogP contribution in [0.25, 0.3) is 22.1 Å². The van der Waals surface area contributed by atoms with Crippen LogP contribution >= 0.6 is 11.8 Å². The largest absolute Gasteiger partial charge is 0.462 e. The molecular formula is C19H18N4O4S. The first kappa shape index (κ1) is 18.3. The number of nitrogens with one attached hydrogen (secondary N) is 1. The Labute approximate surface area is 163 Å². The molecule has 0 saturated carbocycles. The molecule has 28 heavy (non-hydrogen) atoms. The molecule has 0 fully saturated rings. The van der Waals surface area contributed by atoms with Gasteiger partial charge in [-0.25, -0.2) is 9.78 Å². The van der Waals surface area contributed by atoms with Crippen LogP contribution in [0.5, 0.6) is 0 Å². The molecule has 1 N–H and O–H groups in total. The predicted molar refractivity (Wildman–Crippen MR) is 106 cm³/mol. The van der Waals surface area contributed by atoms with E-state index in [1.54, 1.807) is 13.8 Å². The number of hydrogen-bond acceptors (Lipinski definition) is 7. The molecule has 0 unspecified atom stereocenters. The lowest BCUT2D eigenvalue weighted by Gasteiger charge is -2.02. The second-order valence-electron chi connectivity index (χ2n) is 6.18. The number of hydrogen-bond donors (Lipinski definition) is 1. The number of H-pyrrole nitrogens is 1. The number of esters is 1. The molecule has 0 spiro atoms. The summed E-state index contributed by atoms with van der Waals surface area (Å²) >= 11 is 1.45. The van der Waals surface area contributed by atoms with Crippen LogP contribution in [0.15, 0.2) is 38.6 Å². The smallest absolute Gasteiger partial charge is 0.342 e. The van der Waals surface area contributed by atoms with Crippen molar-refractivity contribution in [3.63, 3.8) is 0 Å². The average Bonchev–Trinajstić information content (AvgIpc) is 3.17. The number of nitrogens with zero attached hydrogens (tertiary/aromatic N) is 3. The molecule has 0 aliphatic rings. The van der Waals surface area contributed by atoms with Crippen molar-refractivity contribution < 1.29 is 13.9 Å². The fourth-order valence-electron chi connectivity index (χ4n) is 3.07. The number of para-hydroxylation sites is 2. The summed E-state index contributed by atoms with van der Waals surface area (Å²) in [4.78, 5) is 36.4. The highest BCUT2D eigenvalue weighted by Crippen LogP contribution is 2.26. The summed E-state index contributed by atoms with van der Waals surface area (Å²) in [6.45, 7) is 3.53. The number of rotatable bonds is 5. The first-order valence-electron chi connectivity index (χ1n) is 8.73. The third-order valence-corrected chi connectivity index (χ3v) is 5.39. The van der Waals surface area contributed by atoms with Crippen molar-refractivity contribution in [3.8, 4) is 0 Å². The highest BCUT2D eigenvalue weighted by molar-refractivity contribution is 7.98. The number of benzene rings is 1. The summed E-state index contributed by atoms with van der Waals surface area (Å²) < 4.78 is 12.6. The molecule has 0 radical (unpaired) electrons. The second kappa shape index (κ2) is 7.16. The van der Waals surface area contributed by atoms with Crippen LogP contribution in [0.3, 0.4) is 0 Å². The average molecular weight is 398 g/mol. The van der Waals surface area contributed by atoms with Gasteiger partial charge in [0, 0.05) is 7.05 Å². The van der Waals surface area contributed by atoms with E-state index in [0.717, 1.165) is 16.2 Å². The lowest BCUT2D eigenvalue weighted by Crippen LogP contribution is -2.14. The van der Waals surface area contributed by atoms with Gasteiger partial charge in [0.15, 0.2) is 5.16 Å². The van der Waals surface area contributed by atoms with Crippen molar-refractivity contribution in [1.82, 2.24) is 19.5 Å². The maximum Gasteiger partial charge on any atom is 0.342 e. The number of carbonyl (C=O) groups excluding carboxylic acids is 1. The maximum atomic E-state index is 12.6. The lowest BCUT2D eigenvalue weighted by molar-refractivity contribution is 0.0526. The van der Waals surface area contributed by atoms with Gasteiger partial charge in [0.1, 0.15) is 22.5 Å².